The SMILES string of the molecule is Cc1nn([C@H]2C[C@H](O)[C@H]3OC[C@H]2O3)c(=S)n1C. The molecule has 1 N–H and O–H groups in total. The van der Waals surface area contributed by atoms with Crippen LogP contribution in [0.15, 0.2) is 0 Å². The molecule has 2 saturated heterocycles. The molecule has 6 nitrogen and oxygen atoms in total. The van der Waals surface area contributed by atoms with E-state index in [1.807, 2.05) is 18.5 Å². The van der Waals surface area contributed by atoms with Crippen molar-refractivity contribution >= 4 is 12.2 Å². The van der Waals surface area contributed by atoms with E-state index in [0.29, 0.717) is 17.8 Å². The van der Waals surface area contributed by atoms with Gasteiger partial charge in [-0.15, -0.1) is 0 Å². The van der Waals surface area contributed by atoms with Gasteiger partial charge in [0.25, 0.3) is 0 Å². The van der Waals surface area contributed by atoms with E-state index in [2.05, 4.69) is 5.10 Å². The number of fused-ring (bicyclic) bond motifs is 2. The predicted octanol–water partition coefficient (Wildman–Crippen LogP) is 0.307. The summed E-state index contributed by atoms with van der Waals surface area (Å²) in [6.45, 7) is 2.39. The quantitative estimate of drug-likeness (QED) is 0.734. The van der Waals surface area contributed by atoms with Gasteiger partial charge < -0.3 is 19.1 Å². The van der Waals surface area contributed by atoms with Gasteiger partial charge in [-0.3, -0.25) is 0 Å². The van der Waals surface area contributed by atoms with Crippen molar-refractivity contribution in [2.75, 3.05) is 6.61 Å². The molecule has 3 heterocycles. The van der Waals surface area contributed by atoms with E-state index in [1.165, 1.54) is 0 Å². The fourth-order valence-corrected chi connectivity index (χ4v) is 2.69. The minimum absolute atomic E-state index is 0.0452. The van der Waals surface area contributed by atoms with Crippen molar-refractivity contribution in [3.8, 4) is 0 Å². The first-order valence-corrected chi connectivity index (χ1v) is 6.06. The molecular formula is C10H15N3O3S. The molecule has 0 radical (unpaired) electrons. The van der Waals surface area contributed by atoms with E-state index in [-0.39, 0.29) is 12.1 Å². The highest BCUT2D eigenvalue weighted by Gasteiger charge is 2.44. The number of nitrogens with zero attached hydrogens (tertiary/aromatic N) is 3. The van der Waals surface area contributed by atoms with Crippen LogP contribution in [0.1, 0.15) is 18.3 Å². The number of aryl methyl sites for hydroxylation is 1. The van der Waals surface area contributed by atoms with E-state index in [9.17, 15) is 5.11 Å². The van der Waals surface area contributed by atoms with Crippen molar-refractivity contribution in [1.29, 1.82) is 0 Å². The average Bonchev–Trinajstić information content (AvgIpc) is 2.84. The summed E-state index contributed by atoms with van der Waals surface area (Å²) >= 11 is 5.33. The number of aliphatic hydroxyl groups excluding tert-OH is 1. The highest BCUT2D eigenvalue weighted by atomic mass is 32.1. The van der Waals surface area contributed by atoms with Crippen LogP contribution in [0.3, 0.4) is 0 Å². The molecule has 0 spiro atoms. The maximum Gasteiger partial charge on any atom is 0.197 e. The van der Waals surface area contributed by atoms with Crippen molar-refractivity contribution in [2.24, 2.45) is 7.05 Å². The fourth-order valence-electron chi connectivity index (χ4n) is 2.39. The topological polar surface area (TPSA) is 61.4 Å². The number of hydrogen-bond donors (Lipinski definition) is 1. The molecule has 4 atom stereocenters. The Bertz CT molecular complexity index is 497. The van der Waals surface area contributed by atoms with Crippen LogP contribution in [0, 0.1) is 11.7 Å². The molecule has 1 aromatic heterocycles. The van der Waals surface area contributed by atoms with Gasteiger partial charge in [0.1, 0.15) is 18.0 Å². The van der Waals surface area contributed by atoms with Gasteiger partial charge in [-0.25, -0.2) is 4.68 Å². The number of rotatable bonds is 1. The smallest absolute Gasteiger partial charge is 0.197 e. The third kappa shape index (κ3) is 1.65. The van der Waals surface area contributed by atoms with Crippen LogP contribution in [0.5, 0.6) is 0 Å². The van der Waals surface area contributed by atoms with Gasteiger partial charge >= 0.3 is 0 Å². The van der Waals surface area contributed by atoms with E-state index in [0.717, 1.165) is 5.82 Å². The van der Waals surface area contributed by atoms with Crippen molar-refractivity contribution < 1.29 is 14.6 Å². The first-order chi connectivity index (χ1) is 8.08. The lowest BCUT2D eigenvalue weighted by Crippen LogP contribution is -2.40. The zero-order valence-electron chi connectivity index (χ0n) is 9.74. The number of hydrogen-bond acceptors (Lipinski definition) is 5. The minimum atomic E-state index is -0.608. The monoisotopic (exact) mass is 257 g/mol. The largest absolute Gasteiger partial charge is 0.388 e. The van der Waals surface area contributed by atoms with Crippen molar-refractivity contribution in [3.63, 3.8) is 0 Å². The summed E-state index contributed by atoms with van der Waals surface area (Å²) in [5.41, 5.74) is 0. The lowest BCUT2D eigenvalue weighted by atomic mass is 10.0. The third-order valence-corrected chi connectivity index (χ3v) is 3.96. The molecule has 0 aliphatic carbocycles. The van der Waals surface area contributed by atoms with Crippen LogP contribution in [0.4, 0.5) is 0 Å². The first-order valence-electron chi connectivity index (χ1n) is 5.65. The summed E-state index contributed by atoms with van der Waals surface area (Å²) in [6.07, 6.45) is -0.581. The Kier molecular flexibility index (Phi) is 2.58. The van der Waals surface area contributed by atoms with Crippen LogP contribution < -0.4 is 0 Å². The van der Waals surface area contributed by atoms with Crippen molar-refractivity contribution in [2.45, 2.75) is 37.9 Å². The summed E-state index contributed by atoms with van der Waals surface area (Å²) in [5.74, 6) is 0.852. The Labute approximate surface area is 104 Å². The summed E-state index contributed by atoms with van der Waals surface area (Å²) in [7, 11) is 1.88. The standard InChI is InChI=1S/C10H15N3O3S/c1-5-11-13(10(17)12(5)2)6-3-7(14)9-15-4-8(6)16-9/h6-9,14H,3-4H2,1-2H3/t6-,7-,8+,9-/m0/s1. The summed E-state index contributed by atoms with van der Waals surface area (Å²) in [4.78, 5) is 0. The lowest BCUT2D eigenvalue weighted by Gasteiger charge is -2.30. The van der Waals surface area contributed by atoms with E-state index in [4.69, 9.17) is 21.7 Å². The second-order valence-corrected chi connectivity index (χ2v) is 4.95. The summed E-state index contributed by atoms with van der Waals surface area (Å²) in [5, 5.41) is 14.3. The first kappa shape index (κ1) is 11.3. The molecule has 2 aliphatic heterocycles. The average molecular weight is 257 g/mol. The second kappa shape index (κ2) is 3.88. The van der Waals surface area contributed by atoms with Crippen molar-refractivity contribution in [3.05, 3.63) is 10.6 Å². The minimum Gasteiger partial charge on any atom is -0.388 e. The van der Waals surface area contributed by atoms with Crippen molar-refractivity contribution in [1.82, 2.24) is 14.3 Å². The van der Waals surface area contributed by atoms with Gasteiger partial charge in [-0.05, 0) is 19.1 Å². The van der Waals surface area contributed by atoms with E-state index < -0.39 is 12.4 Å². The van der Waals surface area contributed by atoms with Crippen LogP contribution in [-0.4, -0.2) is 44.6 Å². The van der Waals surface area contributed by atoms with Gasteiger partial charge in [-0.2, -0.15) is 5.10 Å². The number of aliphatic hydroxyl groups is 1. The Morgan fingerprint density at radius 3 is 2.94 bits per heavy atom. The number of ether oxygens (including phenoxy) is 2. The maximum atomic E-state index is 9.86. The van der Waals surface area contributed by atoms with Gasteiger partial charge in [0.15, 0.2) is 11.1 Å². The van der Waals surface area contributed by atoms with Gasteiger partial charge in [0.05, 0.1) is 12.6 Å². The molecular weight excluding hydrogens is 242 g/mol. The second-order valence-electron chi connectivity index (χ2n) is 4.58. The van der Waals surface area contributed by atoms with Crippen LogP contribution in [0.2, 0.25) is 0 Å². The fraction of sp³-hybridized carbons (Fsp3) is 0.800. The Morgan fingerprint density at radius 1 is 1.53 bits per heavy atom. The van der Waals surface area contributed by atoms with Gasteiger partial charge in [-0.1, -0.05) is 0 Å². The molecule has 7 heteroatoms. The molecule has 2 bridgehead atoms. The molecule has 0 amide bonds. The third-order valence-electron chi connectivity index (χ3n) is 3.49. The zero-order chi connectivity index (χ0) is 12.2. The number of aromatic nitrogens is 3. The normalized spacial score (nSPS) is 36.4. The van der Waals surface area contributed by atoms with E-state index >= 15 is 0 Å². The predicted molar refractivity (Wildman–Crippen MR) is 61.0 cm³/mol. The lowest BCUT2D eigenvalue weighted by molar-refractivity contribution is -0.166. The molecule has 0 saturated carbocycles. The molecule has 2 aliphatic rings. The molecule has 94 valence electrons. The Hall–Kier alpha value is -0.760. The summed E-state index contributed by atoms with van der Waals surface area (Å²) < 4.78 is 15.2. The summed E-state index contributed by atoms with van der Waals surface area (Å²) in [6, 6.07) is -0.0452. The molecule has 2 fully saturated rings. The van der Waals surface area contributed by atoms with Crippen LogP contribution >= 0.6 is 12.2 Å². The highest BCUT2D eigenvalue weighted by molar-refractivity contribution is 7.71. The molecule has 0 unspecified atom stereocenters. The van der Waals surface area contributed by atoms with E-state index in [1.54, 1.807) is 4.68 Å². The zero-order valence-corrected chi connectivity index (χ0v) is 10.6. The van der Waals surface area contributed by atoms with Gasteiger partial charge in [0, 0.05) is 13.5 Å². The van der Waals surface area contributed by atoms with Crippen LogP contribution in [0.25, 0.3) is 0 Å². The molecule has 1 aromatic rings. The Morgan fingerprint density at radius 2 is 2.29 bits per heavy atom. The molecule has 17 heavy (non-hydrogen) atoms. The molecule has 0 aromatic carbocycles. The highest BCUT2D eigenvalue weighted by Crippen LogP contribution is 2.34. The maximum absolute atomic E-state index is 9.86. The van der Waals surface area contributed by atoms with Crippen LogP contribution in [-0.2, 0) is 16.5 Å². The Balaban J connectivity index is 1.98. The van der Waals surface area contributed by atoms with Gasteiger partial charge in [0.2, 0.25) is 0 Å². The molecule has 3 rings (SSSR count).